The molecule has 0 spiro atoms. The summed E-state index contributed by atoms with van der Waals surface area (Å²) in [5, 5.41) is 0.868. The Morgan fingerprint density at radius 1 is 1.35 bits per heavy atom. The fourth-order valence-corrected chi connectivity index (χ4v) is 2.97. The van der Waals surface area contributed by atoms with E-state index in [1.807, 2.05) is 12.1 Å². The average molecular weight is 272 g/mol. The van der Waals surface area contributed by atoms with E-state index in [1.54, 1.807) is 12.3 Å². The molecule has 4 nitrogen and oxygen atoms in total. The van der Waals surface area contributed by atoms with Crippen molar-refractivity contribution < 1.29 is 9.53 Å². The largest absolute Gasteiger partial charge is 0.458 e. The third-order valence-electron chi connectivity index (χ3n) is 4.22. The van der Waals surface area contributed by atoms with Crippen LogP contribution in [0.25, 0.3) is 10.9 Å². The molecule has 106 valence electrons. The van der Waals surface area contributed by atoms with Crippen LogP contribution in [0.15, 0.2) is 24.4 Å². The van der Waals surface area contributed by atoms with Gasteiger partial charge in [-0.15, -0.1) is 0 Å². The molecule has 0 aliphatic heterocycles. The number of esters is 1. The second-order valence-corrected chi connectivity index (χ2v) is 5.71. The van der Waals surface area contributed by atoms with Crippen molar-refractivity contribution in [1.82, 2.24) is 4.98 Å². The molecular formula is C16H20N2O2. The molecule has 3 rings (SSSR count). The van der Waals surface area contributed by atoms with Gasteiger partial charge < -0.3 is 15.5 Å². The van der Waals surface area contributed by atoms with Crippen LogP contribution in [0.5, 0.6) is 0 Å². The zero-order chi connectivity index (χ0) is 14.1. The lowest BCUT2D eigenvalue weighted by molar-refractivity contribution is 0.00503. The Morgan fingerprint density at radius 2 is 2.15 bits per heavy atom. The molecule has 0 bridgehead atoms. The van der Waals surface area contributed by atoms with Crippen molar-refractivity contribution in [2.75, 3.05) is 5.73 Å². The molecule has 2 unspecified atom stereocenters. The molecule has 20 heavy (non-hydrogen) atoms. The van der Waals surface area contributed by atoms with Crippen LogP contribution in [0.1, 0.15) is 43.0 Å². The molecule has 1 aliphatic carbocycles. The number of nitrogen functional groups attached to an aromatic ring is 1. The number of carbonyl (C=O) groups excluding carboxylic acids is 1. The summed E-state index contributed by atoms with van der Waals surface area (Å²) >= 11 is 0. The zero-order valence-corrected chi connectivity index (χ0v) is 11.7. The van der Waals surface area contributed by atoms with Crippen LogP contribution >= 0.6 is 0 Å². The third kappa shape index (κ3) is 2.38. The summed E-state index contributed by atoms with van der Waals surface area (Å²) in [7, 11) is 0. The molecular weight excluding hydrogens is 252 g/mol. The van der Waals surface area contributed by atoms with E-state index < -0.39 is 0 Å². The van der Waals surface area contributed by atoms with E-state index in [1.165, 1.54) is 6.42 Å². The number of aromatic nitrogens is 1. The van der Waals surface area contributed by atoms with Gasteiger partial charge in [0.25, 0.3) is 0 Å². The predicted molar refractivity (Wildman–Crippen MR) is 79.5 cm³/mol. The van der Waals surface area contributed by atoms with E-state index in [0.717, 1.165) is 30.2 Å². The lowest BCUT2D eigenvalue weighted by Crippen LogP contribution is -2.28. The second kappa shape index (κ2) is 5.19. The van der Waals surface area contributed by atoms with Crippen molar-refractivity contribution in [1.29, 1.82) is 0 Å². The van der Waals surface area contributed by atoms with Gasteiger partial charge in [-0.3, -0.25) is 0 Å². The number of nitrogens with two attached hydrogens (primary N) is 1. The molecule has 1 fully saturated rings. The van der Waals surface area contributed by atoms with Crippen LogP contribution in [-0.2, 0) is 4.74 Å². The molecule has 0 radical (unpaired) electrons. The normalized spacial score (nSPS) is 22.9. The molecule has 2 aromatic rings. The number of H-pyrrole nitrogens is 1. The first-order chi connectivity index (χ1) is 9.65. The minimum atomic E-state index is -0.236. The number of aromatic amines is 1. The summed E-state index contributed by atoms with van der Waals surface area (Å²) in [4.78, 5) is 15.4. The Balaban J connectivity index is 1.82. The smallest absolute Gasteiger partial charge is 0.340 e. The van der Waals surface area contributed by atoms with Gasteiger partial charge in [-0.25, -0.2) is 4.79 Å². The summed E-state index contributed by atoms with van der Waals surface area (Å²) < 4.78 is 5.70. The number of carbonyl (C=O) groups is 1. The standard InChI is InChI=1S/C16H20N2O2/c1-10-4-2-3-5-15(10)20-16(19)13-9-18-14-8-11(17)6-7-12(13)14/h6-10,15,18H,2-5,17H2,1H3. The van der Waals surface area contributed by atoms with E-state index in [-0.39, 0.29) is 12.1 Å². The number of nitrogens with one attached hydrogen (secondary N) is 1. The highest BCUT2D eigenvalue weighted by atomic mass is 16.5. The van der Waals surface area contributed by atoms with Gasteiger partial charge >= 0.3 is 5.97 Å². The molecule has 1 saturated carbocycles. The number of hydrogen-bond donors (Lipinski definition) is 2. The molecule has 0 saturated heterocycles. The van der Waals surface area contributed by atoms with E-state index in [0.29, 0.717) is 17.2 Å². The fourth-order valence-electron chi connectivity index (χ4n) is 2.97. The monoisotopic (exact) mass is 272 g/mol. The van der Waals surface area contributed by atoms with Gasteiger partial charge in [0.05, 0.1) is 5.56 Å². The highest BCUT2D eigenvalue weighted by molar-refractivity contribution is 6.04. The fraction of sp³-hybridized carbons (Fsp3) is 0.438. The molecule has 3 N–H and O–H groups in total. The molecule has 4 heteroatoms. The predicted octanol–water partition coefficient (Wildman–Crippen LogP) is 3.49. The quantitative estimate of drug-likeness (QED) is 0.649. The SMILES string of the molecule is CC1CCCCC1OC(=O)c1c[nH]c2cc(N)ccc12. The minimum Gasteiger partial charge on any atom is -0.458 e. The number of rotatable bonds is 2. The van der Waals surface area contributed by atoms with Crippen LogP contribution in [0.2, 0.25) is 0 Å². The van der Waals surface area contributed by atoms with Crippen molar-refractivity contribution in [2.45, 2.75) is 38.7 Å². The molecule has 2 atom stereocenters. The second-order valence-electron chi connectivity index (χ2n) is 5.71. The van der Waals surface area contributed by atoms with Crippen LogP contribution in [-0.4, -0.2) is 17.1 Å². The lowest BCUT2D eigenvalue weighted by Gasteiger charge is -2.28. The Hall–Kier alpha value is -1.97. The number of hydrogen-bond acceptors (Lipinski definition) is 3. The topological polar surface area (TPSA) is 68.1 Å². The van der Waals surface area contributed by atoms with E-state index >= 15 is 0 Å². The first kappa shape index (κ1) is 13.0. The molecule has 1 aromatic carbocycles. The minimum absolute atomic E-state index is 0.0509. The zero-order valence-electron chi connectivity index (χ0n) is 11.7. The van der Waals surface area contributed by atoms with Crippen LogP contribution in [0.4, 0.5) is 5.69 Å². The van der Waals surface area contributed by atoms with Crippen molar-refractivity contribution in [3.05, 3.63) is 30.0 Å². The van der Waals surface area contributed by atoms with Gasteiger partial charge in [0.15, 0.2) is 0 Å². The summed E-state index contributed by atoms with van der Waals surface area (Å²) in [6, 6.07) is 5.49. The molecule has 1 aliphatic rings. The van der Waals surface area contributed by atoms with Gasteiger partial charge in [-0.05, 0) is 43.4 Å². The number of anilines is 1. The Kier molecular flexibility index (Phi) is 3.38. The maximum atomic E-state index is 12.3. The number of fused-ring (bicyclic) bond motifs is 1. The Morgan fingerprint density at radius 3 is 2.95 bits per heavy atom. The maximum Gasteiger partial charge on any atom is 0.340 e. The van der Waals surface area contributed by atoms with Crippen LogP contribution < -0.4 is 5.73 Å². The van der Waals surface area contributed by atoms with Crippen molar-refractivity contribution >= 4 is 22.6 Å². The summed E-state index contributed by atoms with van der Waals surface area (Å²) in [5.41, 5.74) is 7.89. The first-order valence-electron chi connectivity index (χ1n) is 7.23. The summed E-state index contributed by atoms with van der Waals surface area (Å²) in [5.74, 6) is 0.216. The highest BCUT2D eigenvalue weighted by Gasteiger charge is 2.26. The van der Waals surface area contributed by atoms with Crippen molar-refractivity contribution in [3.8, 4) is 0 Å². The van der Waals surface area contributed by atoms with E-state index in [2.05, 4.69) is 11.9 Å². The van der Waals surface area contributed by atoms with Crippen LogP contribution in [0.3, 0.4) is 0 Å². The molecule has 0 amide bonds. The van der Waals surface area contributed by atoms with Gasteiger partial charge in [0.2, 0.25) is 0 Å². The average Bonchev–Trinajstić information content (AvgIpc) is 2.84. The summed E-state index contributed by atoms with van der Waals surface area (Å²) in [6.07, 6.45) is 6.26. The Bertz CT molecular complexity index is 632. The van der Waals surface area contributed by atoms with Gasteiger partial charge in [-0.1, -0.05) is 13.3 Å². The highest BCUT2D eigenvalue weighted by Crippen LogP contribution is 2.28. The first-order valence-corrected chi connectivity index (χ1v) is 7.23. The van der Waals surface area contributed by atoms with Crippen LogP contribution in [0, 0.1) is 5.92 Å². The van der Waals surface area contributed by atoms with Crippen molar-refractivity contribution in [3.63, 3.8) is 0 Å². The molecule has 1 heterocycles. The number of ether oxygens (including phenoxy) is 1. The van der Waals surface area contributed by atoms with Gasteiger partial charge in [-0.2, -0.15) is 0 Å². The van der Waals surface area contributed by atoms with E-state index in [4.69, 9.17) is 10.5 Å². The maximum absolute atomic E-state index is 12.3. The number of benzene rings is 1. The lowest BCUT2D eigenvalue weighted by atomic mass is 9.88. The van der Waals surface area contributed by atoms with E-state index in [9.17, 15) is 4.79 Å². The third-order valence-corrected chi connectivity index (χ3v) is 4.22. The summed E-state index contributed by atoms with van der Waals surface area (Å²) in [6.45, 7) is 2.16. The molecule has 1 aromatic heterocycles. The Labute approximate surface area is 118 Å². The van der Waals surface area contributed by atoms with Crippen molar-refractivity contribution in [2.24, 2.45) is 5.92 Å². The van der Waals surface area contributed by atoms with Gasteiger partial charge in [0, 0.05) is 22.8 Å². The van der Waals surface area contributed by atoms with Gasteiger partial charge in [0.1, 0.15) is 6.10 Å².